The highest BCUT2D eigenvalue weighted by Crippen LogP contribution is 2.06. The van der Waals surface area contributed by atoms with Crippen molar-refractivity contribution in [1.29, 1.82) is 5.26 Å². The maximum atomic E-state index is 10.7. The summed E-state index contributed by atoms with van der Waals surface area (Å²) in [6, 6.07) is 9.43. The number of nitriles is 1. The van der Waals surface area contributed by atoms with Crippen LogP contribution in [0.3, 0.4) is 0 Å². The molecule has 0 saturated heterocycles. The zero-order chi connectivity index (χ0) is 11.7. The van der Waals surface area contributed by atoms with E-state index >= 15 is 0 Å². The Morgan fingerprint density at radius 3 is 2.60 bits per heavy atom. The first kappa shape index (κ1) is 13.4. The Hall–Kier alpha value is -1.62. The molecule has 0 unspecified atom stereocenters. The second-order valence-electron chi connectivity index (χ2n) is 3.01. The van der Waals surface area contributed by atoms with Crippen molar-refractivity contribution in [3.05, 3.63) is 35.4 Å². The van der Waals surface area contributed by atoms with Gasteiger partial charge in [-0.15, -0.1) is 0 Å². The molecule has 0 N–H and O–H groups in total. The van der Waals surface area contributed by atoms with E-state index in [0.717, 1.165) is 12.0 Å². The first-order chi connectivity index (χ1) is 7.22. The van der Waals surface area contributed by atoms with Crippen LogP contribution in [0, 0.1) is 11.3 Å². The predicted octanol–water partition coefficient (Wildman–Crippen LogP) is 3.11. The summed E-state index contributed by atoms with van der Waals surface area (Å²) in [6.07, 6.45) is 1.28. The monoisotopic (exact) mass is 203 g/mol. The second-order valence-corrected chi connectivity index (χ2v) is 3.01. The van der Waals surface area contributed by atoms with Gasteiger partial charge in [-0.2, -0.15) is 5.26 Å². The standard InChI is InChI=1S/C11H11NO.C2H6/c1-9(13)5-6-10-3-2-4-11(7-10)8-12;1-2/h2-4,7H,5-6H2,1H3;1-2H3. The van der Waals surface area contributed by atoms with Crippen LogP contribution in [0.15, 0.2) is 24.3 Å². The molecule has 0 atom stereocenters. The number of rotatable bonds is 3. The van der Waals surface area contributed by atoms with Crippen LogP contribution < -0.4 is 0 Å². The summed E-state index contributed by atoms with van der Waals surface area (Å²) in [7, 11) is 0. The lowest BCUT2D eigenvalue weighted by Gasteiger charge is -1.98. The third kappa shape index (κ3) is 5.64. The van der Waals surface area contributed by atoms with Gasteiger partial charge in [0.1, 0.15) is 5.78 Å². The number of carbonyl (C=O) groups excluding carboxylic acids is 1. The van der Waals surface area contributed by atoms with Crippen LogP contribution in [-0.4, -0.2) is 5.78 Å². The lowest BCUT2D eigenvalue weighted by Crippen LogP contribution is -1.94. The molecule has 0 radical (unpaired) electrons. The van der Waals surface area contributed by atoms with Crippen LogP contribution in [0.5, 0.6) is 0 Å². The summed E-state index contributed by atoms with van der Waals surface area (Å²) in [5.41, 5.74) is 1.70. The molecule has 0 saturated carbocycles. The quantitative estimate of drug-likeness (QED) is 0.757. The van der Waals surface area contributed by atoms with E-state index in [4.69, 9.17) is 5.26 Å². The van der Waals surface area contributed by atoms with Gasteiger partial charge in [-0.05, 0) is 31.0 Å². The number of nitrogens with zero attached hydrogens (tertiary/aromatic N) is 1. The first-order valence-electron chi connectivity index (χ1n) is 5.21. The number of hydrogen-bond donors (Lipinski definition) is 0. The molecule has 1 rings (SSSR count). The zero-order valence-corrected chi connectivity index (χ0v) is 9.58. The van der Waals surface area contributed by atoms with Crippen molar-refractivity contribution in [2.45, 2.75) is 33.6 Å². The van der Waals surface area contributed by atoms with Crippen molar-refractivity contribution in [3.8, 4) is 6.07 Å². The van der Waals surface area contributed by atoms with Gasteiger partial charge in [-0.25, -0.2) is 0 Å². The van der Waals surface area contributed by atoms with Gasteiger partial charge in [-0.3, -0.25) is 0 Å². The average molecular weight is 203 g/mol. The summed E-state index contributed by atoms with van der Waals surface area (Å²) < 4.78 is 0. The second kappa shape index (κ2) is 7.75. The van der Waals surface area contributed by atoms with Gasteiger partial charge in [0.25, 0.3) is 0 Å². The average Bonchev–Trinajstić information content (AvgIpc) is 2.29. The van der Waals surface area contributed by atoms with E-state index in [1.54, 1.807) is 13.0 Å². The van der Waals surface area contributed by atoms with Crippen LogP contribution in [-0.2, 0) is 11.2 Å². The van der Waals surface area contributed by atoms with Gasteiger partial charge in [0, 0.05) is 6.42 Å². The smallest absolute Gasteiger partial charge is 0.130 e. The van der Waals surface area contributed by atoms with Gasteiger partial charge in [0.2, 0.25) is 0 Å². The van der Waals surface area contributed by atoms with Crippen molar-refractivity contribution in [1.82, 2.24) is 0 Å². The van der Waals surface area contributed by atoms with E-state index < -0.39 is 0 Å². The Morgan fingerprint density at radius 1 is 1.40 bits per heavy atom. The minimum absolute atomic E-state index is 0.183. The van der Waals surface area contributed by atoms with Gasteiger partial charge < -0.3 is 4.79 Å². The van der Waals surface area contributed by atoms with Gasteiger partial charge in [0.15, 0.2) is 0 Å². The molecule has 0 aromatic heterocycles. The summed E-state index contributed by atoms with van der Waals surface area (Å²) in [6.45, 7) is 5.58. The lowest BCUT2D eigenvalue weighted by molar-refractivity contribution is -0.116. The van der Waals surface area contributed by atoms with Crippen LogP contribution in [0.2, 0.25) is 0 Å². The van der Waals surface area contributed by atoms with E-state index in [0.29, 0.717) is 12.0 Å². The van der Waals surface area contributed by atoms with E-state index in [1.165, 1.54) is 0 Å². The third-order valence-corrected chi connectivity index (χ3v) is 1.82. The molecule has 0 amide bonds. The largest absolute Gasteiger partial charge is 0.300 e. The number of carbonyl (C=O) groups is 1. The molecular weight excluding hydrogens is 186 g/mol. The molecule has 1 aromatic rings. The highest BCUT2D eigenvalue weighted by molar-refractivity contribution is 5.75. The summed E-state index contributed by atoms with van der Waals surface area (Å²) in [5.74, 6) is 0.183. The fraction of sp³-hybridized carbons (Fsp3) is 0.385. The number of ketones is 1. The molecule has 1 aromatic carbocycles. The Bertz CT molecular complexity index is 350. The van der Waals surface area contributed by atoms with Crippen molar-refractivity contribution >= 4 is 5.78 Å². The van der Waals surface area contributed by atoms with Crippen molar-refractivity contribution in [2.24, 2.45) is 0 Å². The van der Waals surface area contributed by atoms with Crippen LogP contribution in [0.1, 0.15) is 38.3 Å². The molecule has 15 heavy (non-hydrogen) atoms. The molecule has 80 valence electrons. The summed E-state index contributed by atoms with van der Waals surface area (Å²) in [4.78, 5) is 10.7. The molecule has 0 aliphatic carbocycles. The van der Waals surface area contributed by atoms with Crippen molar-refractivity contribution in [2.75, 3.05) is 0 Å². The molecule has 2 heteroatoms. The molecule has 0 aliphatic rings. The lowest BCUT2D eigenvalue weighted by atomic mass is 10.1. The Balaban J connectivity index is 0.000000921. The van der Waals surface area contributed by atoms with Gasteiger partial charge in [-0.1, -0.05) is 26.0 Å². The Labute approximate surface area is 91.5 Å². The number of hydrogen-bond acceptors (Lipinski definition) is 2. The third-order valence-electron chi connectivity index (χ3n) is 1.82. The highest BCUT2D eigenvalue weighted by Gasteiger charge is 1.97. The molecule has 0 fully saturated rings. The summed E-state index contributed by atoms with van der Waals surface area (Å²) >= 11 is 0. The number of benzene rings is 1. The SMILES string of the molecule is CC.CC(=O)CCc1cccc(C#N)c1. The van der Waals surface area contributed by atoms with Crippen molar-refractivity contribution < 1.29 is 4.79 Å². The zero-order valence-electron chi connectivity index (χ0n) is 9.58. The number of aryl methyl sites for hydroxylation is 1. The molecule has 2 nitrogen and oxygen atoms in total. The molecule has 0 aliphatic heterocycles. The summed E-state index contributed by atoms with van der Waals surface area (Å²) in [5, 5.41) is 8.62. The first-order valence-corrected chi connectivity index (χ1v) is 5.21. The molecular formula is C13H17NO. The van der Waals surface area contributed by atoms with Gasteiger partial charge in [0.05, 0.1) is 11.6 Å². The molecule has 0 spiro atoms. The van der Waals surface area contributed by atoms with Crippen molar-refractivity contribution in [3.63, 3.8) is 0 Å². The molecule has 0 heterocycles. The fourth-order valence-electron chi connectivity index (χ4n) is 1.12. The maximum absolute atomic E-state index is 10.7. The maximum Gasteiger partial charge on any atom is 0.130 e. The minimum Gasteiger partial charge on any atom is -0.300 e. The highest BCUT2D eigenvalue weighted by atomic mass is 16.1. The number of Topliss-reactive ketones (excluding diaryl/α,β-unsaturated/α-hetero) is 1. The van der Waals surface area contributed by atoms with E-state index in [2.05, 4.69) is 6.07 Å². The van der Waals surface area contributed by atoms with E-state index in [1.807, 2.05) is 32.0 Å². The fourth-order valence-corrected chi connectivity index (χ4v) is 1.12. The normalized spacial score (nSPS) is 8.40. The van der Waals surface area contributed by atoms with Gasteiger partial charge >= 0.3 is 0 Å². The Morgan fingerprint density at radius 2 is 2.07 bits per heavy atom. The minimum atomic E-state index is 0.183. The van der Waals surface area contributed by atoms with Crippen LogP contribution in [0.25, 0.3) is 0 Å². The molecule has 0 bridgehead atoms. The Kier molecular flexibility index (Phi) is 6.92. The van der Waals surface area contributed by atoms with Crippen LogP contribution in [0.4, 0.5) is 0 Å². The van der Waals surface area contributed by atoms with Crippen LogP contribution >= 0.6 is 0 Å². The predicted molar refractivity (Wildman–Crippen MR) is 61.5 cm³/mol. The van der Waals surface area contributed by atoms with E-state index in [-0.39, 0.29) is 5.78 Å². The van der Waals surface area contributed by atoms with E-state index in [9.17, 15) is 4.79 Å². The topological polar surface area (TPSA) is 40.9 Å².